The molecule has 0 aromatic rings. The first kappa shape index (κ1) is 58.5. The first-order valence-electron chi connectivity index (χ1n) is 21.8. The van der Waals surface area contributed by atoms with Crippen molar-refractivity contribution in [3.8, 4) is 0 Å². The van der Waals surface area contributed by atoms with Crippen molar-refractivity contribution in [3.05, 3.63) is 72.9 Å². The van der Waals surface area contributed by atoms with E-state index in [1.165, 1.54) is 32.1 Å². The first-order chi connectivity index (χ1) is 29.2. The van der Waals surface area contributed by atoms with Gasteiger partial charge in [-0.25, -0.2) is 9.13 Å². The number of esters is 2. The molecule has 0 aromatic heterocycles. The quantitative estimate of drug-likeness (QED) is 0.0111. The molecule has 0 amide bonds. The van der Waals surface area contributed by atoms with E-state index >= 15 is 0 Å². The van der Waals surface area contributed by atoms with Crippen molar-refractivity contribution in [3.63, 3.8) is 0 Å². The van der Waals surface area contributed by atoms with E-state index in [-0.39, 0.29) is 25.7 Å². The topological polar surface area (TPSA) is 236 Å². The van der Waals surface area contributed by atoms with Gasteiger partial charge in [-0.2, -0.15) is 0 Å². The van der Waals surface area contributed by atoms with Crippen molar-refractivity contribution in [2.75, 3.05) is 26.4 Å². The third kappa shape index (κ3) is 42.6. The van der Waals surface area contributed by atoms with Crippen LogP contribution in [0.1, 0.15) is 142 Å². The van der Waals surface area contributed by atoms with Gasteiger partial charge in [0.05, 0.1) is 32.0 Å². The van der Waals surface area contributed by atoms with Gasteiger partial charge in [-0.1, -0.05) is 132 Å². The van der Waals surface area contributed by atoms with Crippen molar-refractivity contribution in [2.45, 2.75) is 167 Å². The van der Waals surface area contributed by atoms with E-state index in [0.717, 1.165) is 57.8 Å². The van der Waals surface area contributed by atoms with Crippen LogP contribution in [0.4, 0.5) is 0 Å². The summed E-state index contributed by atoms with van der Waals surface area (Å²) in [4.78, 5) is 52.7. The molecule has 61 heavy (non-hydrogen) atoms. The van der Waals surface area contributed by atoms with Gasteiger partial charge >= 0.3 is 27.6 Å². The molecule has 0 fully saturated rings. The number of ether oxygens (including phenoxy) is 2. The van der Waals surface area contributed by atoms with Crippen LogP contribution in [-0.4, -0.2) is 92.8 Å². The summed E-state index contributed by atoms with van der Waals surface area (Å²) >= 11 is 0. The van der Waals surface area contributed by atoms with E-state index in [1.807, 2.05) is 6.08 Å². The monoisotopic (exact) mass is 906 g/mol. The number of carbonyl (C=O) groups excluding carboxylic acids is 2. The molecular formula is C44H76O15P2. The number of unbranched alkanes of at least 4 members (excludes halogenated alkanes) is 11. The number of hydrogen-bond donors (Lipinski definition) is 6. The lowest BCUT2D eigenvalue weighted by molar-refractivity contribution is -0.161. The average Bonchev–Trinajstić information content (AvgIpc) is 3.21. The van der Waals surface area contributed by atoms with Crippen LogP contribution in [0.5, 0.6) is 0 Å². The Balaban J connectivity index is 4.82. The van der Waals surface area contributed by atoms with Gasteiger partial charge < -0.3 is 39.5 Å². The third-order valence-corrected chi connectivity index (χ3v) is 10.2. The lowest BCUT2D eigenvalue weighted by Crippen LogP contribution is -2.30. The van der Waals surface area contributed by atoms with Crippen LogP contribution in [0.25, 0.3) is 0 Å². The second kappa shape index (κ2) is 39.1. The van der Waals surface area contributed by atoms with Crippen LogP contribution >= 0.6 is 15.6 Å². The maximum absolute atomic E-state index is 12.7. The Labute approximate surface area is 364 Å². The van der Waals surface area contributed by atoms with Gasteiger partial charge in [-0.15, -0.1) is 0 Å². The fourth-order valence-electron chi connectivity index (χ4n) is 5.34. The molecule has 0 aromatic carbocycles. The molecule has 352 valence electrons. The molecule has 0 saturated heterocycles. The fourth-order valence-corrected chi connectivity index (χ4v) is 6.49. The van der Waals surface area contributed by atoms with Gasteiger partial charge in [-0.05, 0) is 70.6 Å². The molecule has 1 unspecified atom stereocenters. The number of phosphoric acid groups is 2. The molecular weight excluding hydrogens is 830 g/mol. The largest absolute Gasteiger partial charge is 0.472 e. The lowest BCUT2D eigenvalue weighted by atomic mass is 10.1. The molecule has 0 aliphatic carbocycles. The number of phosphoric ester groups is 2. The van der Waals surface area contributed by atoms with E-state index in [2.05, 4.69) is 53.3 Å². The number of rotatable bonds is 40. The van der Waals surface area contributed by atoms with E-state index in [4.69, 9.17) is 23.8 Å². The van der Waals surface area contributed by atoms with Crippen molar-refractivity contribution in [1.29, 1.82) is 0 Å². The zero-order valence-corrected chi connectivity index (χ0v) is 38.2. The van der Waals surface area contributed by atoms with Gasteiger partial charge in [-0.3, -0.25) is 23.2 Å². The molecule has 15 nitrogen and oxygen atoms in total. The molecule has 0 saturated carbocycles. The molecule has 17 heteroatoms. The Kier molecular flexibility index (Phi) is 37.5. The van der Waals surface area contributed by atoms with Crippen LogP contribution < -0.4 is 0 Å². The van der Waals surface area contributed by atoms with E-state index < -0.39 is 78.4 Å². The second-order valence-corrected chi connectivity index (χ2v) is 17.4. The van der Waals surface area contributed by atoms with E-state index in [1.54, 1.807) is 36.5 Å². The number of aliphatic hydroxyl groups is 3. The van der Waals surface area contributed by atoms with E-state index in [9.17, 15) is 38.9 Å². The van der Waals surface area contributed by atoms with Crippen molar-refractivity contribution >= 4 is 27.6 Å². The molecule has 0 rings (SSSR count). The molecule has 0 aliphatic heterocycles. The van der Waals surface area contributed by atoms with Crippen LogP contribution in [0.3, 0.4) is 0 Å². The highest BCUT2D eigenvalue weighted by Gasteiger charge is 2.28. The van der Waals surface area contributed by atoms with Crippen LogP contribution in [-0.2, 0) is 41.8 Å². The van der Waals surface area contributed by atoms with Gasteiger partial charge in [0.2, 0.25) is 0 Å². The predicted octanol–water partition coefficient (Wildman–Crippen LogP) is 8.95. The van der Waals surface area contributed by atoms with Crippen LogP contribution in [0.2, 0.25) is 0 Å². The third-order valence-electron chi connectivity index (χ3n) is 8.75. The molecule has 6 N–H and O–H groups in total. The number of aliphatic hydroxyl groups excluding tert-OH is 3. The molecule has 0 bridgehead atoms. The van der Waals surface area contributed by atoms with E-state index in [0.29, 0.717) is 12.8 Å². The highest BCUT2D eigenvalue weighted by molar-refractivity contribution is 7.47. The van der Waals surface area contributed by atoms with Gasteiger partial charge in [0.15, 0.2) is 6.10 Å². The zero-order valence-electron chi connectivity index (χ0n) is 36.5. The Bertz CT molecular complexity index is 1390. The van der Waals surface area contributed by atoms with Crippen molar-refractivity contribution < 1.29 is 71.8 Å². The summed E-state index contributed by atoms with van der Waals surface area (Å²) in [6.45, 7) is 1.36. The van der Waals surface area contributed by atoms with Crippen LogP contribution in [0.15, 0.2) is 72.9 Å². The molecule has 0 spiro atoms. The maximum Gasteiger partial charge on any atom is 0.472 e. The Morgan fingerprint density at radius 2 is 1.08 bits per heavy atom. The van der Waals surface area contributed by atoms with Gasteiger partial charge in [0, 0.05) is 12.8 Å². The average molecular weight is 907 g/mol. The molecule has 0 aliphatic rings. The minimum absolute atomic E-state index is 0.123. The lowest BCUT2D eigenvalue weighted by Gasteiger charge is -2.20. The highest BCUT2D eigenvalue weighted by atomic mass is 31.2. The van der Waals surface area contributed by atoms with Gasteiger partial charge in [0.1, 0.15) is 12.7 Å². The summed E-state index contributed by atoms with van der Waals surface area (Å²) in [6, 6.07) is 0. The van der Waals surface area contributed by atoms with Gasteiger partial charge in [0.25, 0.3) is 0 Å². The number of hydrogen-bond acceptors (Lipinski definition) is 12. The summed E-state index contributed by atoms with van der Waals surface area (Å²) in [5, 5.41) is 30.1. The smallest absolute Gasteiger partial charge is 0.462 e. The SMILES string of the molecule is CCCCC/C=C\C/C=C\CCCCCCCC(=O)OC[C@H](COP(=O)(O)OC[C@@H](O)COP(=O)(O)O)OC(=O)CCC[C@@H](O)\C=C/C=C/C=C/[C@@H](O)C/C=C\CCCCC. The molecule has 5 atom stereocenters. The normalized spacial score (nSPS) is 15.7. The standard InChI is InChI=1S/C44H76O15P2/c1-3-5-7-9-11-12-13-14-15-16-17-18-19-21-27-33-43(48)55-37-42(38-58-61(53,54)57-36-41(47)35-56-60(50,51)52)59-44(49)34-28-32-40(46)31-26-23-22-25-30-39(45)29-24-20-10-8-6-4-2/h11-12,14-15,20,22-26,30-31,39-42,45-47H,3-10,13,16-19,21,27-29,32-38H2,1-2H3,(H,53,54)(H2,50,51,52)/b12-11-,15-14-,23-22+,24-20-,30-25+,31-26-/t39-,40-,41-,42+/m0/s1. The summed E-state index contributed by atoms with van der Waals surface area (Å²) in [5.41, 5.74) is 0. The zero-order chi connectivity index (χ0) is 45.5. The summed E-state index contributed by atoms with van der Waals surface area (Å²) in [7, 11) is -9.78. The second-order valence-electron chi connectivity index (χ2n) is 14.7. The molecule has 0 radical (unpaired) electrons. The summed E-state index contributed by atoms with van der Waals surface area (Å²) < 4.78 is 47.5. The number of allylic oxidation sites excluding steroid dienone is 9. The number of carbonyl (C=O) groups is 2. The minimum atomic E-state index is -4.90. The predicted molar refractivity (Wildman–Crippen MR) is 237 cm³/mol. The Morgan fingerprint density at radius 3 is 1.70 bits per heavy atom. The first-order valence-corrected chi connectivity index (χ1v) is 24.9. The summed E-state index contributed by atoms with van der Waals surface area (Å²) in [6.07, 6.45) is 35.2. The minimum Gasteiger partial charge on any atom is -0.462 e. The van der Waals surface area contributed by atoms with Crippen molar-refractivity contribution in [1.82, 2.24) is 0 Å². The fraction of sp³-hybridized carbons (Fsp3) is 0.682. The summed E-state index contributed by atoms with van der Waals surface area (Å²) in [5.74, 6) is -1.29. The van der Waals surface area contributed by atoms with Crippen LogP contribution in [0, 0.1) is 0 Å². The Morgan fingerprint density at radius 1 is 0.557 bits per heavy atom. The highest BCUT2D eigenvalue weighted by Crippen LogP contribution is 2.43. The maximum atomic E-state index is 12.7. The Hall–Kier alpha value is -2.52. The van der Waals surface area contributed by atoms with Crippen molar-refractivity contribution in [2.24, 2.45) is 0 Å². The molecule has 0 heterocycles.